The van der Waals surface area contributed by atoms with Crippen molar-refractivity contribution in [3.8, 4) is 5.75 Å². The van der Waals surface area contributed by atoms with E-state index in [1.165, 1.54) is 30.4 Å². The summed E-state index contributed by atoms with van der Waals surface area (Å²) in [6, 6.07) is 7.03. The molecule has 0 aliphatic carbocycles. The Labute approximate surface area is 111 Å². The van der Waals surface area contributed by atoms with Gasteiger partial charge in [-0.2, -0.15) is 0 Å². The second kappa shape index (κ2) is 6.24. The summed E-state index contributed by atoms with van der Waals surface area (Å²) in [5, 5.41) is 3.64. The number of methoxy groups -OCH3 is 1. The number of hydrogen-bond acceptors (Lipinski definition) is 2. The van der Waals surface area contributed by atoms with Crippen molar-refractivity contribution < 1.29 is 4.74 Å². The van der Waals surface area contributed by atoms with E-state index in [0.717, 1.165) is 24.6 Å². The van der Waals surface area contributed by atoms with E-state index in [2.05, 4.69) is 37.4 Å². The lowest BCUT2D eigenvalue weighted by atomic mass is 9.90. The van der Waals surface area contributed by atoms with Crippen molar-refractivity contribution in [2.75, 3.05) is 13.7 Å². The van der Waals surface area contributed by atoms with Gasteiger partial charge < -0.3 is 10.1 Å². The third-order valence-electron chi connectivity index (χ3n) is 3.79. The van der Waals surface area contributed by atoms with E-state index in [-0.39, 0.29) is 0 Å². The fraction of sp³-hybridized carbons (Fsp3) is 0.625. The van der Waals surface area contributed by atoms with Gasteiger partial charge in [-0.15, -0.1) is 0 Å². The molecule has 1 aliphatic rings. The lowest BCUT2D eigenvalue weighted by Gasteiger charge is -2.27. The van der Waals surface area contributed by atoms with Gasteiger partial charge in [0, 0.05) is 6.04 Å². The van der Waals surface area contributed by atoms with E-state index in [1.807, 2.05) is 0 Å². The summed E-state index contributed by atoms with van der Waals surface area (Å²) in [7, 11) is 1.74. The van der Waals surface area contributed by atoms with Crippen LogP contribution in [-0.4, -0.2) is 13.7 Å². The monoisotopic (exact) mass is 247 g/mol. The fourth-order valence-corrected chi connectivity index (χ4v) is 2.73. The number of ether oxygens (including phenoxy) is 1. The molecule has 1 N–H and O–H groups in total. The third-order valence-corrected chi connectivity index (χ3v) is 3.79. The molecule has 0 amide bonds. The van der Waals surface area contributed by atoms with Crippen LogP contribution in [0.4, 0.5) is 0 Å². The Hall–Kier alpha value is -1.02. The van der Waals surface area contributed by atoms with Gasteiger partial charge in [0.25, 0.3) is 0 Å². The molecule has 2 rings (SSSR count). The average molecular weight is 247 g/mol. The van der Waals surface area contributed by atoms with Crippen LogP contribution in [0.2, 0.25) is 0 Å². The first-order valence-corrected chi connectivity index (χ1v) is 7.11. The highest BCUT2D eigenvalue weighted by atomic mass is 16.5. The molecule has 1 atom stereocenters. The highest BCUT2D eigenvalue weighted by Crippen LogP contribution is 2.30. The highest BCUT2D eigenvalue weighted by Gasteiger charge is 2.19. The van der Waals surface area contributed by atoms with Crippen LogP contribution in [0.3, 0.4) is 0 Å². The Morgan fingerprint density at radius 2 is 2.22 bits per heavy atom. The van der Waals surface area contributed by atoms with E-state index in [9.17, 15) is 0 Å². The molecular formula is C16H25NO. The number of rotatable bonds is 5. The predicted molar refractivity (Wildman–Crippen MR) is 76.1 cm³/mol. The van der Waals surface area contributed by atoms with Crippen molar-refractivity contribution in [3.05, 3.63) is 29.3 Å². The minimum absolute atomic E-state index is 0.516. The smallest absolute Gasteiger partial charge is 0.119 e. The molecular weight excluding hydrogens is 222 g/mol. The van der Waals surface area contributed by atoms with Crippen molar-refractivity contribution in [1.82, 2.24) is 5.32 Å². The van der Waals surface area contributed by atoms with Crippen molar-refractivity contribution >= 4 is 0 Å². The first-order valence-electron chi connectivity index (χ1n) is 7.11. The van der Waals surface area contributed by atoms with E-state index in [4.69, 9.17) is 4.74 Å². The summed E-state index contributed by atoms with van der Waals surface area (Å²) in [6.45, 7) is 5.70. The van der Waals surface area contributed by atoms with Gasteiger partial charge in [0.05, 0.1) is 7.11 Å². The summed E-state index contributed by atoms with van der Waals surface area (Å²) >= 11 is 0. The summed E-state index contributed by atoms with van der Waals surface area (Å²) in [6.07, 6.45) is 4.99. The van der Waals surface area contributed by atoms with Crippen LogP contribution in [-0.2, 0) is 6.42 Å². The Bertz CT molecular complexity index is 387. The molecule has 2 heteroatoms. The zero-order chi connectivity index (χ0) is 13.0. The highest BCUT2D eigenvalue weighted by molar-refractivity contribution is 5.39. The minimum atomic E-state index is 0.516. The van der Waals surface area contributed by atoms with Crippen molar-refractivity contribution in [1.29, 1.82) is 0 Å². The summed E-state index contributed by atoms with van der Waals surface area (Å²) in [4.78, 5) is 0. The molecule has 1 aromatic carbocycles. The molecule has 1 aromatic rings. The van der Waals surface area contributed by atoms with Gasteiger partial charge in [-0.3, -0.25) is 0 Å². The van der Waals surface area contributed by atoms with E-state index >= 15 is 0 Å². The quantitative estimate of drug-likeness (QED) is 0.856. The van der Waals surface area contributed by atoms with Crippen LogP contribution in [0.15, 0.2) is 18.2 Å². The van der Waals surface area contributed by atoms with Gasteiger partial charge in [-0.25, -0.2) is 0 Å². The van der Waals surface area contributed by atoms with Crippen molar-refractivity contribution in [3.63, 3.8) is 0 Å². The third kappa shape index (κ3) is 3.26. The van der Waals surface area contributed by atoms with Crippen LogP contribution >= 0.6 is 0 Å². The van der Waals surface area contributed by atoms with E-state index in [0.29, 0.717) is 6.04 Å². The second-order valence-electron chi connectivity index (χ2n) is 5.65. The van der Waals surface area contributed by atoms with Gasteiger partial charge in [0.15, 0.2) is 0 Å². The van der Waals surface area contributed by atoms with Crippen molar-refractivity contribution in [2.24, 2.45) is 5.92 Å². The molecule has 1 heterocycles. The lowest BCUT2D eigenvalue weighted by Crippen LogP contribution is -2.29. The zero-order valence-electron chi connectivity index (χ0n) is 11.8. The first-order chi connectivity index (χ1) is 8.70. The molecule has 0 fully saturated rings. The minimum Gasteiger partial charge on any atom is -0.497 e. The number of benzene rings is 1. The molecule has 0 saturated carbocycles. The Balaban J connectivity index is 2.06. The zero-order valence-corrected chi connectivity index (χ0v) is 11.8. The first kappa shape index (κ1) is 13.4. The van der Waals surface area contributed by atoms with Gasteiger partial charge in [-0.05, 0) is 48.6 Å². The normalized spacial score (nSPS) is 18.8. The summed E-state index contributed by atoms with van der Waals surface area (Å²) in [5.41, 5.74) is 2.94. The van der Waals surface area contributed by atoms with E-state index < -0.39 is 0 Å². The molecule has 2 nitrogen and oxygen atoms in total. The maximum atomic E-state index is 5.34. The fourth-order valence-electron chi connectivity index (χ4n) is 2.73. The molecule has 0 saturated heterocycles. The maximum absolute atomic E-state index is 5.34. The van der Waals surface area contributed by atoms with Gasteiger partial charge >= 0.3 is 0 Å². The number of fused-ring (bicyclic) bond motifs is 1. The molecule has 0 bridgehead atoms. The van der Waals surface area contributed by atoms with Gasteiger partial charge in [-0.1, -0.05) is 32.8 Å². The van der Waals surface area contributed by atoms with Crippen LogP contribution in [0, 0.1) is 5.92 Å². The predicted octanol–water partition coefficient (Wildman–Crippen LogP) is 3.71. The lowest BCUT2D eigenvalue weighted by molar-refractivity contribution is 0.405. The molecule has 0 radical (unpaired) electrons. The SMILES string of the molecule is COc1ccc2c(c1)C(CCCC(C)C)NCC2. The number of nitrogens with one attached hydrogen (secondary N) is 1. The Kier molecular flexibility index (Phi) is 4.65. The average Bonchev–Trinajstić information content (AvgIpc) is 2.38. The molecule has 1 aliphatic heterocycles. The molecule has 0 spiro atoms. The van der Waals surface area contributed by atoms with E-state index in [1.54, 1.807) is 7.11 Å². The maximum Gasteiger partial charge on any atom is 0.119 e. The van der Waals surface area contributed by atoms with Gasteiger partial charge in [0.1, 0.15) is 5.75 Å². The van der Waals surface area contributed by atoms with Crippen LogP contribution in [0.25, 0.3) is 0 Å². The number of hydrogen-bond donors (Lipinski definition) is 1. The molecule has 0 aromatic heterocycles. The van der Waals surface area contributed by atoms with Crippen LogP contribution in [0.1, 0.15) is 50.3 Å². The van der Waals surface area contributed by atoms with Crippen LogP contribution < -0.4 is 10.1 Å². The van der Waals surface area contributed by atoms with Crippen molar-refractivity contribution in [2.45, 2.75) is 45.6 Å². The Morgan fingerprint density at radius 1 is 1.39 bits per heavy atom. The van der Waals surface area contributed by atoms with Crippen LogP contribution in [0.5, 0.6) is 5.75 Å². The molecule has 1 unspecified atom stereocenters. The topological polar surface area (TPSA) is 21.3 Å². The summed E-state index contributed by atoms with van der Waals surface area (Å²) in [5.74, 6) is 1.78. The second-order valence-corrected chi connectivity index (χ2v) is 5.65. The molecule has 18 heavy (non-hydrogen) atoms. The largest absolute Gasteiger partial charge is 0.497 e. The standard InChI is InChI=1S/C16H25NO/c1-12(2)5-4-6-16-15-11-14(18-3)8-7-13(15)9-10-17-16/h7-8,11-12,16-17H,4-6,9-10H2,1-3H3. The van der Waals surface area contributed by atoms with Gasteiger partial charge in [0.2, 0.25) is 0 Å². The Morgan fingerprint density at radius 3 is 2.94 bits per heavy atom. The summed E-state index contributed by atoms with van der Waals surface area (Å²) < 4.78 is 5.34. The molecule has 100 valence electrons.